The normalized spacial score (nSPS) is 13.1. The van der Waals surface area contributed by atoms with Crippen molar-refractivity contribution in [3.63, 3.8) is 0 Å². The molecule has 32 heavy (non-hydrogen) atoms. The summed E-state index contributed by atoms with van der Waals surface area (Å²) in [5, 5.41) is 5.79. The van der Waals surface area contributed by atoms with E-state index in [4.69, 9.17) is 9.15 Å². The highest BCUT2D eigenvalue weighted by atomic mass is 16.5. The number of nitrogens with zero attached hydrogens (tertiary/aromatic N) is 1. The fourth-order valence-corrected chi connectivity index (χ4v) is 3.46. The second-order valence-corrected chi connectivity index (χ2v) is 7.97. The lowest BCUT2D eigenvalue weighted by molar-refractivity contribution is -0.123. The summed E-state index contributed by atoms with van der Waals surface area (Å²) in [7, 11) is 0. The maximum absolute atomic E-state index is 12.1. The molecular formula is C24H27N3O5. The number of oxazole rings is 1. The highest BCUT2D eigenvalue weighted by molar-refractivity contribution is 5.78. The Morgan fingerprint density at radius 2 is 1.84 bits per heavy atom. The topological polar surface area (TPSA) is 103 Å². The number of ether oxygens (including phenoxy) is 1. The second-order valence-electron chi connectivity index (χ2n) is 7.97. The number of benzene rings is 2. The Balaban J connectivity index is 1.13. The molecule has 8 heteroatoms. The average molecular weight is 437 g/mol. The molecule has 2 amide bonds. The van der Waals surface area contributed by atoms with Crippen molar-refractivity contribution in [3.05, 3.63) is 64.6 Å². The smallest absolute Gasteiger partial charge is 0.419 e. The Bertz CT molecular complexity index is 1130. The van der Waals surface area contributed by atoms with Crippen LogP contribution in [0, 0.1) is 0 Å². The van der Waals surface area contributed by atoms with E-state index < -0.39 is 5.76 Å². The van der Waals surface area contributed by atoms with Gasteiger partial charge in [0.15, 0.2) is 12.2 Å². The lowest BCUT2D eigenvalue weighted by atomic mass is 10.1. The SMILES string of the molecule is O=C(CCCn1c(=O)oc2ccccc21)NCCc1ccc(OCC(=O)NC2CC2)cc1. The summed E-state index contributed by atoms with van der Waals surface area (Å²) in [4.78, 5) is 35.7. The number of carbonyl (C=O) groups excluding carboxylic acids is 2. The quantitative estimate of drug-likeness (QED) is 0.480. The van der Waals surface area contributed by atoms with Gasteiger partial charge >= 0.3 is 5.76 Å². The van der Waals surface area contributed by atoms with Crippen molar-refractivity contribution in [2.75, 3.05) is 13.2 Å². The molecule has 2 N–H and O–H groups in total. The zero-order valence-electron chi connectivity index (χ0n) is 17.8. The number of para-hydroxylation sites is 2. The minimum Gasteiger partial charge on any atom is -0.484 e. The molecule has 0 spiro atoms. The molecule has 4 rings (SSSR count). The molecule has 1 heterocycles. The first-order valence-electron chi connectivity index (χ1n) is 10.9. The van der Waals surface area contributed by atoms with Gasteiger partial charge in [-0.05, 0) is 55.5 Å². The summed E-state index contributed by atoms with van der Waals surface area (Å²) in [6.45, 7) is 0.980. The second kappa shape index (κ2) is 10.2. The third-order valence-corrected chi connectivity index (χ3v) is 5.33. The average Bonchev–Trinajstić information content (AvgIpc) is 3.55. The Hall–Kier alpha value is -3.55. The Labute approximate surface area is 185 Å². The van der Waals surface area contributed by atoms with Gasteiger partial charge in [0, 0.05) is 25.6 Å². The Kier molecular flexibility index (Phi) is 6.89. The number of amides is 2. The van der Waals surface area contributed by atoms with Gasteiger partial charge in [-0.25, -0.2) is 4.79 Å². The maximum Gasteiger partial charge on any atom is 0.419 e. The van der Waals surface area contributed by atoms with Crippen LogP contribution in [-0.4, -0.2) is 35.6 Å². The molecule has 1 saturated carbocycles. The minimum atomic E-state index is -0.400. The van der Waals surface area contributed by atoms with Crippen LogP contribution in [0.2, 0.25) is 0 Å². The van der Waals surface area contributed by atoms with E-state index in [0.717, 1.165) is 23.9 Å². The van der Waals surface area contributed by atoms with E-state index in [0.29, 0.717) is 49.7 Å². The van der Waals surface area contributed by atoms with Crippen LogP contribution in [0.25, 0.3) is 11.1 Å². The van der Waals surface area contributed by atoms with Crippen LogP contribution in [0.3, 0.4) is 0 Å². The number of fused-ring (bicyclic) bond motifs is 1. The zero-order chi connectivity index (χ0) is 22.3. The molecule has 3 aromatic rings. The first kappa shape index (κ1) is 21.7. The van der Waals surface area contributed by atoms with Crippen LogP contribution in [0.4, 0.5) is 0 Å². The molecule has 0 saturated heterocycles. The molecule has 0 unspecified atom stereocenters. The van der Waals surface area contributed by atoms with Crippen LogP contribution in [-0.2, 0) is 22.6 Å². The van der Waals surface area contributed by atoms with Crippen molar-refractivity contribution in [1.82, 2.24) is 15.2 Å². The highest BCUT2D eigenvalue weighted by Crippen LogP contribution is 2.18. The molecule has 1 aliphatic carbocycles. The van der Waals surface area contributed by atoms with Gasteiger partial charge < -0.3 is 19.8 Å². The minimum absolute atomic E-state index is 0.0205. The zero-order valence-corrected chi connectivity index (χ0v) is 17.8. The van der Waals surface area contributed by atoms with Gasteiger partial charge in [0.25, 0.3) is 5.91 Å². The van der Waals surface area contributed by atoms with E-state index in [-0.39, 0.29) is 18.4 Å². The summed E-state index contributed by atoms with van der Waals surface area (Å²) in [6, 6.07) is 15.1. The monoisotopic (exact) mass is 437 g/mol. The molecule has 168 valence electrons. The van der Waals surface area contributed by atoms with Gasteiger partial charge in [0.2, 0.25) is 5.91 Å². The predicted octanol–water partition coefficient (Wildman–Crippen LogP) is 2.39. The van der Waals surface area contributed by atoms with Crippen molar-refractivity contribution >= 4 is 22.9 Å². The molecule has 1 fully saturated rings. The molecule has 2 aromatic carbocycles. The van der Waals surface area contributed by atoms with Gasteiger partial charge in [-0.3, -0.25) is 14.2 Å². The molecule has 0 radical (unpaired) electrons. The lowest BCUT2D eigenvalue weighted by Crippen LogP contribution is -2.30. The number of carbonyl (C=O) groups is 2. The lowest BCUT2D eigenvalue weighted by Gasteiger charge is -2.08. The number of rotatable bonds is 11. The first-order valence-corrected chi connectivity index (χ1v) is 10.9. The van der Waals surface area contributed by atoms with E-state index in [1.807, 2.05) is 42.5 Å². The van der Waals surface area contributed by atoms with E-state index in [1.54, 1.807) is 10.6 Å². The van der Waals surface area contributed by atoms with Gasteiger partial charge in [0.05, 0.1) is 5.52 Å². The van der Waals surface area contributed by atoms with Gasteiger partial charge in [0.1, 0.15) is 5.75 Å². The molecule has 0 atom stereocenters. The number of aromatic nitrogens is 1. The molecule has 0 aliphatic heterocycles. The first-order chi connectivity index (χ1) is 15.6. The summed E-state index contributed by atoms with van der Waals surface area (Å²) in [6.07, 6.45) is 3.69. The molecule has 0 bridgehead atoms. The van der Waals surface area contributed by atoms with Crippen molar-refractivity contribution < 1.29 is 18.7 Å². The van der Waals surface area contributed by atoms with E-state index in [2.05, 4.69) is 10.6 Å². The van der Waals surface area contributed by atoms with Gasteiger partial charge in [-0.1, -0.05) is 24.3 Å². The fourth-order valence-electron chi connectivity index (χ4n) is 3.46. The summed E-state index contributed by atoms with van der Waals surface area (Å²) < 4.78 is 12.3. The third kappa shape index (κ3) is 6.00. The third-order valence-electron chi connectivity index (χ3n) is 5.33. The van der Waals surface area contributed by atoms with Crippen LogP contribution < -0.4 is 21.1 Å². The van der Waals surface area contributed by atoms with Gasteiger partial charge in [-0.15, -0.1) is 0 Å². The van der Waals surface area contributed by atoms with E-state index >= 15 is 0 Å². The Morgan fingerprint density at radius 3 is 2.62 bits per heavy atom. The van der Waals surface area contributed by atoms with Crippen molar-refractivity contribution in [3.8, 4) is 5.75 Å². The number of aryl methyl sites for hydroxylation is 1. The number of nitrogens with one attached hydrogen (secondary N) is 2. The Morgan fingerprint density at radius 1 is 1.06 bits per heavy atom. The van der Waals surface area contributed by atoms with Crippen molar-refractivity contribution in [1.29, 1.82) is 0 Å². The molecular weight excluding hydrogens is 410 g/mol. The van der Waals surface area contributed by atoms with Crippen molar-refractivity contribution in [2.45, 2.75) is 44.7 Å². The molecule has 1 aromatic heterocycles. The van der Waals surface area contributed by atoms with Crippen LogP contribution >= 0.6 is 0 Å². The number of hydrogen-bond acceptors (Lipinski definition) is 5. The predicted molar refractivity (Wildman–Crippen MR) is 120 cm³/mol. The molecule has 8 nitrogen and oxygen atoms in total. The summed E-state index contributed by atoms with van der Waals surface area (Å²) in [5.74, 6) is 0.103. The molecule has 1 aliphatic rings. The standard InChI is InChI=1S/C24H27N3O5/c28-22(6-3-15-27-20-4-1-2-5-21(20)32-24(27)30)25-14-13-17-7-11-19(12-8-17)31-16-23(29)26-18-9-10-18/h1-2,4-5,7-8,11-12,18H,3,6,9-10,13-16H2,(H,25,28)(H,26,29). The summed E-state index contributed by atoms with van der Waals surface area (Å²) >= 11 is 0. The largest absolute Gasteiger partial charge is 0.484 e. The number of hydrogen-bond donors (Lipinski definition) is 2. The van der Waals surface area contributed by atoms with Crippen LogP contribution in [0.15, 0.2) is 57.7 Å². The van der Waals surface area contributed by atoms with E-state index in [9.17, 15) is 14.4 Å². The van der Waals surface area contributed by atoms with E-state index in [1.165, 1.54) is 0 Å². The van der Waals surface area contributed by atoms with Crippen LogP contribution in [0.1, 0.15) is 31.2 Å². The maximum atomic E-state index is 12.1. The van der Waals surface area contributed by atoms with Crippen molar-refractivity contribution in [2.24, 2.45) is 0 Å². The van der Waals surface area contributed by atoms with Crippen LogP contribution in [0.5, 0.6) is 5.75 Å². The fraction of sp³-hybridized carbons (Fsp3) is 0.375. The highest BCUT2D eigenvalue weighted by Gasteiger charge is 2.23. The van der Waals surface area contributed by atoms with Gasteiger partial charge in [-0.2, -0.15) is 0 Å². The summed E-state index contributed by atoms with van der Waals surface area (Å²) in [5.41, 5.74) is 2.37.